The summed E-state index contributed by atoms with van der Waals surface area (Å²) in [5.74, 6) is 0.128. The number of ketones is 1. The Hall–Kier alpha value is -2.10. The Morgan fingerprint density at radius 2 is 1.27 bits per heavy atom. The summed E-state index contributed by atoms with van der Waals surface area (Å²) >= 11 is 0. The highest BCUT2D eigenvalue weighted by Gasteiger charge is 2.29. The molecule has 0 spiro atoms. The standard InChI is InChI=1S/C18H17F3O/c19-18(20,21)16-10-6-15(7-11-16)9-13-17(22)12-8-14-4-2-1-3-5-14/h1-7,10-11H,8-9,12-13H2. The normalized spacial score (nSPS) is 11.4. The molecule has 0 aliphatic carbocycles. The molecule has 0 unspecified atom stereocenters. The molecule has 2 rings (SSSR count). The van der Waals surface area contributed by atoms with Crippen molar-refractivity contribution in [2.75, 3.05) is 0 Å². The molecule has 1 nitrogen and oxygen atoms in total. The van der Waals surface area contributed by atoms with Gasteiger partial charge in [0.1, 0.15) is 5.78 Å². The molecule has 0 amide bonds. The molecular weight excluding hydrogens is 289 g/mol. The zero-order valence-corrected chi connectivity index (χ0v) is 12.1. The van der Waals surface area contributed by atoms with Crippen molar-refractivity contribution in [1.29, 1.82) is 0 Å². The highest BCUT2D eigenvalue weighted by molar-refractivity contribution is 5.78. The van der Waals surface area contributed by atoms with Crippen LogP contribution in [0.25, 0.3) is 0 Å². The van der Waals surface area contributed by atoms with E-state index < -0.39 is 11.7 Å². The molecule has 0 N–H and O–H groups in total. The Labute approximate surface area is 127 Å². The molecule has 22 heavy (non-hydrogen) atoms. The first-order valence-corrected chi connectivity index (χ1v) is 7.17. The van der Waals surface area contributed by atoms with Crippen LogP contribution in [0.1, 0.15) is 29.5 Å². The minimum absolute atomic E-state index is 0.128. The lowest BCUT2D eigenvalue weighted by atomic mass is 10.0. The Bertz CT molecular complexity index is 600. The van der Waals surface area contributed by atoms with Gasteiger partial charge in [-0.05, 0) is 36.1 Å². The number of alkyl halides is 3. The molecule has 0 radical (unpaired) electrons. The van der Waals surface area contributed by atoms with Crippen molar-refractivity contribution in [1.82, 2.24) is 0 Å². The van der Waals surface area contributed by atoms with E-state index in [4.69, 9.17) is 0 Å². The first-order valence-electron chi connectivity index (χ1n) is 7.17. The lowest BCUT2D eigenvalue weighted by Gasteiger charge is -2.07. The maximum Gasteiger partial charge on any atom is 0.416 e. The first kappa shape index (κ1) is 16.3. The zero-order valence-electron chi connectivity index (χ0n) is 12.1. The van der Waals surface area contributed by atoms with Crippen molar-refractivity contribution in [3.63, 3.8) is 0 Å². The average Bonchev–Trinajstić information content (AvgIpc) is 2.51. The fraction of sp³-hybridized carbons (Fsp3) is 0.278. The van der Waals surface area contributed by atoms with Crippen LogP contribution in [0.2, 0.25) is 0 Å². The molecular formula is C18H17F3O. The van der Waals surface area contributed by atoms with Gasteiger partial charge in [0.15, 0.2) is 0 Å². The van der Waals surface area contributed by atoms with Gasteiger partial charge in [-0.1, -0.05) is 42.5 Å². The monoisotopic (exact) mass is 306 g/mol. The van der Waals surface area contributed by atoms with Crippen molar-refractivity contribution < 1.29 is 18.0 Å². The van der Waals surface area contributed by atoms with E-state index in [1.165, 1.54) is 12.1 Å². The van der Waals surface area contributed by atoms with Crippen LogP contribution in [0.4, 0.5) is 13.2 Å². The lowest BCUT2D eigenvalue weighted by Crippen LogP contribution is -2.05. The summed E-state index contributed by atoms with van der Waals surface area (Å²) in [6, 6.07) is 14.7. The van der Waals surface area contributed by atoms with Gasteiger partial charge in [0, 0.05) is 12.8 Å². The average molecular weight is 306 g/mol. The van der Waals surface area contributed by atoms with Crippen LogP contribution in [0, 0.1) is 0 Å². The Morgan fingerprint density at radius 1 is 0.773 bits per heavy atom. The van der Waals surface area contributed by atoms with Crippen molar-refractivity contribution in [2.45, 2.75) is 31.9 Å². The highest BCUT2D eigenvalue weighted by atomic mass is 19.4. The molecule has 0 aliphatic rings. The molecule has 0 saturated heterocycles. The molecule has 116 valence electrons. The summed E-state index contributed by atoms with van der Waals surface area (Å²) < 4.78 is 37.3. The number of benzene rings is 2. The topological polar surface area (TPSA) is 17.1 Å². The second-order valence-corrected chi connectivity index (χ2v) is 5.22. The van der Waals surface area contributed by atoms with Crippen molar-refractivity contribution in [2.24, 2.45) is 0 Å². The smallest absolute Gasteiger partial charge is 0.300 e. The van der Waals surface area contributed by atoms with Gasteiger partial charge >= 0.3 is 6.18 Å². The zero-order chi connectivity index (χ0) is 16.0. The number of hydrogen-bond acceptors (Lipinski definition) is 1. The van der Waals surface area contributed by atoms with Crippen molar-refractivity contribution in [3.8, 4) is 0 Å². The Balaban J connectivity index is 1.79. The van der Waals surface area contributed by atoms with Crippen molar-refractivity contribution >= 4 is 5.78 Å². The quantitative estimate of drug-likeness (QED) is 0.746. The number of aryl methyl sites for hydroxylation is 2. The second kappa shape index (κ2) is 7.25. The molecule has 0 aromatic heterocycles. The number of rotatable bonds is 6. The summed E-state index contributed by atoms with van der Waals surface area (Å²) in [4.78, 5) is 11.8. The van der Waals surface area contributed by atoms with E-state index >= 15 is 0 Å². The van der Waals surface area contributed by atoms with Gasteiger partial charge in [-0.15, -0.1) is 0 Å². The molecule has 0 saturated carbocycles. The van der Waals surface area contributed by atoms with E-state index in [1.807, 2.05) is 30.3 Å². The third-order valence-electron chi connectivity index (χ3n) is 3.51. The van der Waals surface area contributed by atoms with E-state index in [1.54, 1.807) is 0 Å². The van der Waals surface area contributed by atoms with Gasteiger partial charge in [-0.3, -0.25) is 4.79 Å². The van der Waals surface area contributed by atoms with Crippen LogP contribution in [-0.2, 0) is 23.8 Å². The number of carbonyl (C=O) groups is 1. The molecule has 0 aliphatic heterocycles. The van der Waals surface area contributed by atoms with E-state index in [2.05, 4.69) is 0 Å². The first-order chi connectivity index (χ1) is 10.4. The Kier molecular flexibility index (Phi) is 5.36. The summed E-state index contributed by atoms with van der Waals surface area (Å²) in [5.41, 5.74) is 1.21. The van der Waals surface area contributed by atoms with Crippen LogP contribution in [0.3, 0.4) is 0 Å². The minimum atomic E-state index is -4.32. The van der Waals surface area contributed by atoms with Gasteiger partial charge < -0.3 is 0 Å². The predicted octanol–water partition coefficient (Wildman–Crippen LogP) is 4.84. The van der Waals surface area contributed by atoms with Gasteiger partial charge in [-0.25, -0.2) is 0 Å². The highest BCUT2D eigenvalue weighted by Crippen LogP contribution is 2.29. The fourth-order valence-corrected chi connectivity index (χ4v) is 2.20. The Morgan fingerprint density at radius 3 is 1.77 bits per heavy atom. The largest absolute Gasteiger partial charge is 0.416 e. The maximum absolute atomic E-state index is 12.4. The van der Waals surface area contributed by atoms with Crippen molar-refractivity contribution in [3.05, 3.63) is 71.3 Å². The van der Waals surface area contributed by atoms with Crippen LogP contribution >= 0.6 is 0 Å². The number of carbonyl (C=O) groups excluding carboxylic acids is 1. The number of hydrogen-bond donors (Lipinski definition) is 0. The van der Waals surface area contributed by atoms with E-state index in [0.717, 1.165) is 23.3 Å². The van der Waals surface area contributed by atoms with Gasteiger partial charge in [-0.2, -0.15) is 13.2 Å². The third kappa shape index (κ3) is 5.02. The second-order valence-electron chi connectivity index (χ2n) is 5.22. The molecule has 0 heterocycles. The minimum Gasteiger partial charge on any atom is -0.300 e. The third-order valence-corrected chi connectivity index (χ3v) is 3.51. The van der Waals surface area contributed by atoms with Crippen LogP contribution in [0.5, 0.6) is 0 Å². The summed E-state index contributed by atoms with van der Waals surface area (Å²) in [6.45, 7) is 0. The predicted molar refractivity (Wildman–Crippen MR) is 79.5 cm³/mol. The van der Waals surface area contributed by atoms with Gasteiger partial charge in [0.25, 0.3) is 0 Å². The van der Waals surface area contributed by atoms with E-state index in [-0.39, 0.29) is 5.78 Å². The number of Topliss-reactive ketones (excluding diaryl/α,β-unsaturated/α-hetero) is 1. The molecule has 2 aromatic carbocycles. The molecule has 0 fully saturated rings. The van der Waals surface area contributed by atoms with Crippen LogP contribution in [-0.4, -0.2) is 5.78 Å². The van der Waals surface area contributed by atoms with Gasteiger partial charge in [0.2, 0.25) is 0 Å². The lowest BCUT2D eigenvalue weighted by molar-refractivity contribution is -0.137. The fourth-order valence-electron chi connectivity index (χ4n) is 2.20. The molecule has 0 bridgehead atoms. The van der Waals surface area contributed by atoms with E-state index in [0.29, 0.717) is 25.7 Å². The summed E-state index contributed by atoms with van der Waals surface area (Å²) in [6.07, 6.45) is -2.31. The summed E-state index contributed by atoms with van der Waals surface area (Å²) in [5, 5.41) is 0. The SMILES string of the molecule is O=C(CCc1ccccc1)CCc1ccc(C(F)(F)F)cc1. The number of halogens is 3. The van der Waals surface area contributed by atoms with Crippen LogP contribution in [0.15, 0.2) is 54.6 Å². The maximum atomic E-state index is 12.4. The van der Waals surface area contributed by atoms with Crippen LogP contribution < -0.4 is 0 Å². The molecule has 2 aromatic rings. The molecule has 4 heteroatoms. The molecule has 0 atom stereocenters. The van der Waals surface area contributed by atoms with E-state index in [9.17, 15) is 18.0 Å². The van der Waals surface area contributed by atoms with Gasteiger partial charge in [0.05, 0.1) is 5.56 Å². The summed E-state index contributed by atoms with van der Waals surface area (Å²) in [7, 11) is 0.